The Bertz CT molecular complexity index is 764. The molecule has 25 heavy (non-hydrogen) atoms. The molecule has 0 bridgehead atoms. The Morgan fingerprint density at radius 3 is 1.92 bits per heavy atom. The second-order valence-corrected chi connectivity index (χ2v) is 5.98. The number of allylic oxidation sites excluding steroid dienone is 2. The number of nitrogens with zero attached hydrogens (tertiary/aromatic N) is 1. The molecule has 130 valence electrons. The summed E-state index contributed by atoms with van der Waals surface area (Å²) in [5.74, 6) is -2.76. The van der Waals surface area contributed by atoms with Gasteiger partial charge in [-0.1, -0.05) is 67.6 Å². The van der Waals surface area contributed by atoms with Gasteiger partial charge >= 0.3 is 5.97 Å². The van der Waals surface area contributed by atoms with Gasteiger partial charge in [0.1, 0.15) is 5.92 Å². The number of carbonyl (C=O) groups excluding carboxylic acids is 1. The Hall–Kier alpha value is -2.88. The third-order valence-electron chi connectivity index (χ3n) is 4.11. The first kappa shape index (κ1) is 18.5. The fourth-order valence-electron chi connectivity index (χ4n) is 2.97. The lowest BCUT2D eigenvalue weighted by Gasteiger charge is -2.23. The first-order chi connectivity index (χ1) is 12.0. The monoisotopic (exact) mass is 337 g/mol. The average molecular weight is 337 g/mol. The number of benzene rings is 2. The topological polar surface area (TPSA) is 57.6 Å². The number of carboxylic acid groups (broad SMARTS) is 1. The molecule has 0 amide bonds. The molecule has 0 saturated carbocycles. The van der Waals surface area contributed by atoms with Crippen molar-refractivity contribution in [1.29, 1.82) is 0 Å². The molecular weight excluding hydrogens is 314 g/mol. The zero-order valence-corrected chi connectivity index (χ0v) is 14.8. The van der Waals surface area contributed by atoms with Crippen molar-refractivity contribution in [2.24, 2.45) is 0 Å². The molecule has 0 spiro atoms. The van der Waals surface area contributed by atoms with Crippen LogP contribution < -0.4 is 0 Å². The lowest BCUT2D eigenvalue weighted by Crippen LogP contribution is -2.25. The Morgan fingerprint density at radius 1 is 0.960 bits per heavy atom. The number of hydrogen-bond acceptors (Lipinski definition) is 3. The predicted molar refractivity (Wildman–Crippen MR) is 99.2 cm³/mol. The van der Waals surface area contributed by atoms with E-state index in [4.69, 9.17) is 0 Å². The van der Waals surface area contributed by atoms with Gasteiger partial charge < -0.3 is 10.0 Å². The number of aliphatic carboxylic acids is 1. The van der Waals surface area contributed by atoms with Crippen LogP contribution in [0, 0.1) is 0 Å². The summed E-state index contributed by atoms with van der Waals surface area (Å²) in [6.45, 7) is 1.96. The van der Waals surface area contributed by atoms with E-state index < -0.39 is 17.7 Å². The number of carbonyl (C=O) groups is 2. The molecule has 0 aliphatic rings. The summed E-state index contributed by atoms with van der Waals surface area (Å²) in [5.41, 5.74) is 2.51. The molecule has 2 aromatic carbocycles. The molecule has 0 aliphatic carbocycles. The molecule has 0 radical (unpaired) electrons. The van der Waals surface area contributed by atoms with Gasteiger partial charge in [0.05, 0.1) is 0 Å². The number of rotatable bonds is 7. The van der Waals surface area contributed by atoms with Gasteiger partial charge in [0.25, 0.3) is 0 Å². The summed E-state index contributed by atoms with van der Waals surface area (Å²) in [7, 11) is 3.74. The highest BCUT2D eigenvalue weighted by Gasteiger charge is 2.32. The smallest absolute Gasteiger partial charge is 0.318 e. The predicted octanol–water partition coefficient (Wildman–Crippen LogP) is 3.81. The van der Waals surface area contributed by atoms with Crippen molar-refractivity contribution >= 4 is 17.3 Å². The van der Waals surface area contributed by atoms with Crippen LogP contribution in [0.2, 0.25) is 0 Å². The molecular formula is C21H23NO3. The standard InChI is InChI=1S/C21H23NO3/c1-4-17(22(2)3)18(15-11-7-5-8-12-15)20(23)19(21(24)25)16-13-9-6-10-14-16/h5-14,19H,4H2,1-3H3,(H,24,25). The van der Waals surface area contributed by atoms with Gasteiger partial charge in [-0.25, -0.2) is 0 Å². The van der Waals surface area contributed by atoms with Crippen molar-refractivity contribution in [2.45, 2.75) is 19.3 Å². The second-order valence-electron chi connectivity index (χ2n) is 5.98. The minimum Gasteiger partial charge on any atom is -0.480 e. The minimum absolute atomic E-state index is 0.393. The van der Waals surface area contributed by atoms with E-state index in [2.05, 4.69) is 0 Å². The maximum atomic E-state index is 13.3. The van der Waals surface area contributed by atoms with Gasteiger partial charge in [0.15, 0.2) is 5.78 Å². The van der Waals surface area contributed by atoms with Crippen LogP contribution in [0.1, 0.15) is 30.4 Å². The SMILES string of the molecule is CCC(=C(C(=O)C(C(=O)O)c1ccccc1)c1ccccc1)N(C)C. The number of hydrogen-bond donors (Lipinski definition) is 1. The minimum atomic E-state index is -1.22. The molecule has 1 N–H and O–H groups in total. The molecule has 0 heterocycles. The highest BCUT2D eigenvalue weighted by molar-refractivity contribution is 6.29. The second kappa shape index (κ2) is 8.29. The van der Waals surface area contributed by atoms with Crippen molar-refractivity contribution in [3.05, 3.63) is 77.5 Å². The quantitative estimate of drug-likeness (QED) is 0.616. The van der Waals surface area contributed by atoms with Gasteiger partial charge in [0.2, 0.25) is 0 Å². The zero-order chi connectivity index (χ0) is 18.4. The molecule has 4 nitrogen and oxygen atoms in total. The van der Waals surface area contributed by atoms with Crippen LogP contribution in [0.5, 0.6) is 0 Å². The van der Waals surface area contributed by atoms with Gasteiger partial charge in [-0.15, -0.1) is 0 Å². The maximum absolute atomic E-state index is 13.3. The van der Waals surface area contributed by atoms with E-state index in [9.17, 15) is 14.7 Å². The van der Waals surface area contributed by atoms with Crippen LogP contribution in [-0.4, -0.2) is 35.9 Å². The highest BCUT2D eigenvalue weighted by atomic mass is 16.4. The normalized spacial score (nSPS) is 12.9. The molecule has 0 aliphatic heterocycles. The molecule has 0 saturated heterocycles. The summed E-state index contributed by atoms with van der Waals surface area (Å²) in [4.78, 5) is 27.1. The zero-order valence-electron chi connectivity index (χ0n) is 14.8. The molecule has 4 heteroatoms. The van der Waals surface area contributed by atoms with Crippen LogP contribution in [0.4, 0.5) is 0 Å². The summed E-state index contributed by atoms with van der Waals surface area (Å²) >= 11 is 0. The lowest BCUT2D eigenvalue weighted by molar-refractivity contribution is -0.141. The van der Waals surface area contributed by atoms with Gasteiger partial charge in [-0.3, -0.25) is 9.59 Å². The largest absolute Gasteiger partial charge is 0.480 e. The lowest BCUT2D eigenvalue weighted by atomic mass is 9.86. The van der Waals surface area contributed by atoms with E-state index in [1.807, 2.05) is 56.3 Å². The van der Waals surface area contributed by atoms with Gasteiger partial charge in [0, 0.05) is 25.4 Å². The summed E-state index contributed by atoms with van der Waals surface area (Å²) in [6, 6.07) is 17.9. The van der Waals surface area contributed by atoms with Gasteiger partial charge in [-0.2, -0.15) is 0 Å². The van der Waals surface area contributed by atoms with E-state index in [1.165, 1.54) is 0 Å². The van der Waals surface area contributed by atoms with E-state index >= 15 is 0 Å². The number of carboxylic acids is 1. The average Bonchev–Trinajstić information content (AvgIpc) is 2.60. The highest BCUT2D eigenvalue weighted by Crippen LogP contribution is 2.30. The van der Waals surface area contributed by atoms with Crippen molar-refractivity contribution in [2.75, 3.05) is 14.1 Å². The first-order valence-electron chi connectivity index (χ1n) is 8.25. The number of Topliss-reactive ketones (excluding diaryl/α,β-unsaturated/α-hetero) is 1. The van der Waals surface area contributed by atoms with Crippen molar-refractivity contribution in [1.82, 2.24) is 4.90 Å². The van der Waals surface area contributed by atoms with Crippen LogP contribution in [-0.2, 0) is 9.59 Å². The van der Waals surface area contributed by atoms with E-state index in [0.717, 1.165) is 11.3 Å². The molecule has 2 rings (SSSR count). The van der Waals surface area contributed by atoms with E-state index in [1.54, 1.807) is 30.3 Å². The maximum Gasteiger partial charge on any atom is 0.318 e. The third-order valence-corrected chi connectivity index (χ3v) is 4.11. The third kappa shape index (κ3) is 4.15. The van der Waals surface area contributed by atoms with Crippen LogP contribution in [0.15, 0.2) is 66.4 Å². The van der Waals surface area contributed by atoms with E-state index in [0.29, 0.717) is 17.6 Å². The van der Waals surface area contributed by atoms with Crippen molar-refractivity contribution in [3.63, 3.8) is 0 Å². The summed E-state index contributed by atoms with van der Waals surface area (Å²) in [5, 5.41) is 9.73. The van der Waals surface area contributed by atoms with Gasteiger partial charge in [-0.05, 0) is 17.5 Å². The molecule has 1 atom stereocenters. The summed E-state index contributed by atoms with van der Waals surface area (Å²) in [6.07, 6.45) is 0.629. The van der Waals surface area contributed by atoms with Crippen LogP contribution >= 0.6 is 0 Å². The first-order valence-corrected chi connectivity index (χ1v) is 8.25. The Balaban J connectivity index is 2.64. The van der Waals surface area contributed by atoms with Crippen molar-refractivity contribution in [3.8, 4) is 0 Å². The molecule has 0 fully saturated rings. The fourth-order valence-corrected chi connectivity index (χ4v) is 2.97. The molecule has 1 unspecified atom stereocenters. The Labute approximate surface area is 148 Å². The molecule has 0 aromatic heterocycles. The Morgan fingerprint density at radius 2 is 1.48 bits per heavy atom. The van der Waals surface area contributed by atoms with Crippen LogP contribution in [0.25, 0.3) is 5.57 Å². The van der Waals surface area contributed by atoms with Crippen molar-refractivity contribution < 1.29 is 14.7 Å². The Kier molecular flexibility index (Phi) is 6.12. The summed E-state index contributed by atoms with van der Waals surface area (Å²) < 4.78 is 0. The van der Waals surface area contributed by atoms with E-state index in [-0.39, 0.29) is 0 Å². The number of ketones is 1. The van der Waals surface area contributed by atoms with Crippen LogP contribution in [0.3, 0.4) is 0 Å². The fraction of sp³-hybridized carbons (Fsp3) is 0.238. The molecule has 2 aromatic rings.